The number of benzene rings is 3. The maximum Gasteiger partial charge on any atom is 0.264 e. The first-order valence-corrected chi connectivity index (χ1v) is 10.3. The Kier molecular flexibility index (Phi) is 8.02. The average molecular weight is 470 g/mol. The highest BCUT2D eigenvalue weighted by Gasteiger charge is 2.14. The zero-order valence-corrected chi connectivity index (χ0v) is 18.6. The molecule has 3 aromatic carbocycles. The van der Waals surface area contributed by atoms with E-state index in [4.69, 9.17) is 33.3 Å². The topological polar surface area (TPSA) is 88.7 Å². The SMILES string of the molecule is COc1cc(NC(=S)NC(=O)COc2ccccc2)ccc1NC(=O)c1ccccc1Cl. The van der Waals surface area contributed by atoms with Crippen LogP contribution >= 0.6 is 23.8 Å². The minimum atomic E-state index is -0.401. The second-order valence-electron chi connectivity index (χ2n) is 6.45. The molecule has 0 aliphatic carbocycles. The van der Waals surface area contributed by atoms with Crippen LogP contribution < -0.4 is 25.4 Å². The molecule has 0 aliphatic heterocycles. The molecule has 0 radical (unpaired) electrons. The van der Waals surface area contributed by atoms with Gasteiger partial charge in [0.05, 0.1) is 23.4 Å². The molecule has 0 saturated heterocycles. The van der Waals surface area contributed by atoms with Gasteiger partial charge in [0.1, 0.15) is 11.5 Å². The number of nitrogens with one attached hydrogen (secondary N) is 3. The number of anilines is 2. The normalized spacial score (nSPS) is 10.1. The molecule has 164 valence electrons. The van der Waals surface area contributed by atoms with Crippen LogP contribution in [0.15, 0.2) is 72.8 Å². The third kappa shape index (κ3) is 6.44. The number of rotatable bonds is 7. The van der Waals surface area contributed by atoms with Crippen LogP contribution in [-0.2, 0) is 4.79 Å². The number of carbonyl (C=O) groups excluding carboxylic acids is 2. The van der Waals surface area contributed by atoms with Crippen molar-refractivity contribution in [2.24, 2.45) is 0 Å². The maximum absolute atomic E-state index is 12.5. The Morgan fingerprint density at radius 1 is 0.969 bits per heavy atom. The Morgan fingerprint density at radius 2 is 1.69 bits per heavy atom. The van der Waals surface area contributed by atoms with Crippen molar-refractivity contribution in [1.29, 1.82) is 0 Å². The molecule has 3 rings (SSSR count). The van der Waals surface area contributed by atoms with E-state index in [1.807, 2.05) is 18.2 Å². The molecule has 0 unspecified atom stereocenters. The number of hydrogen-bond donors (Lipinski definition) is 3. The summed E-state index contributed by atoms with van der Waals surface area (Å²) < 4.78 is 10.7. The van der Waals surface area contributed by atoms with Crippen molar-refractivity contribution in [3.05, 3.63) is 83.4 Å². The van der Waals surface area contributed by atoms with Gasteiger partial charge in [-0.2, -0.15) is 0 Å². The van der Waals surface area contributed by atoms with Gasteiger partial charge < -0.3 is 20.1 Å². The van der Waals surface area contributed by atoms with Crippen LogP contribution in [0.5, 0.6) is 11.5 Å². The number of halogens is 1. The van der Waals surface area contributed by atoms with Crippen LogP contribution in [0.4, 0.5) is 11.4 Å². The van der Waals surface area contributed by atoms with Crippen molar-refractivity contribution in [1.82, 2.24) is 5.32 Å². The Hall–Kier alpha value is -3.62. The lowest BCUT2D eigenvalue weighted by molar-refractivity contribution is -0.121. The maximum atomic E-state index is 12.5. The van der Waals surface area contributed by atoms with Crippen LogP contribution in [0.25, 0.3) is 0 Å². The highest BCUT2D eigenvalue weighted by molar-refractivity contribution is 7.80. The molecule has 7 nitrogen and oxygen atoms in total. The molecule has 3 aromatic rings. The van der Waals surface area contributed by atoms with Crippen molar-refractivity contribution in [2.75, 3.05) is 24.4 Å². The van der Waals surface area contributed by atoms with Crippen molar-refractivity contribution in [2.45, 2.75) is 0 Å². The fourth-order valence-corrected chi connectivity index (χ4v) is 3.15. The molecule has 32 heavy (non-hydrogen) atoms. The number of amides is 2. The van der Waals surface area contributed by atoms with Gasteiger partial charge in [0.15, 0.2) is 11.7 Å². The molecule has 2 amide bonds. The van der Waals surface area contributed by atoms with E-state index < -0.39 is 5.91 Å². The molecule has 0 atom stereocenters. The van der Waals surface area contributed by atoms with Crippen molar-refractivity contribution in [3.8, 4) is 11.5 Å². The smallest absolute Gasteiger partial charge is 0.264 e. The summed E-state index contributed by atoms with van der Waals surface area (Å²) in [5.41, 5.74) is 1.36. The minimum absolute atomic E-state index is 0.0987. The second-order valence-corrected chi connectivity index (χ2v) is 7.27. The second kappa shape index (κ2) is 11.1. The highest BCUT2D eigenvalue weighted by Crippen LogP contribution is 2.29. The summed E-state index contributed by atoms with van der Waals surface area (Å²) in [4.78, 5) is 24.5. The monoisotopic (exact) mass is 469 g/mol. The van der Waals surface area contributed by atoms with Crippen LogP contribution in [-0.4, -0.2) is 30.6 Å². The fraction of sp³-hybridized carbons (Fsp3) is 0.0870. The number of ether oxygens (including phenoxy) is 2. The predicted octanol–water partition coefficient (Wildman–Crippen LogP) is 4.49. The lowest BCUT2D eigenvalue weighted by atomic mass is 10.2. The number of hydrogen-bond acceptors (Lipinski definition) is 5. The van der Waals surface area contributed by atoms with E-state index >= 15 is 0 Å². The van der Waals surface area contributed by atoms with E-state index in [9.17, 15) is 9.59 Å². The summed E-state index contributed by atoms with van der Waals surface area (Å²) >= 11 is 11.3. The van der Waals surface area contributed by atoms with E-state index in [1.165, 1.54) is 7.11 Å². The van der Waals surface area contributed by atoms with Crippen LogP contribution in [0.3, 0.4) is 0 Å². The van der Waals surface area contributed by atoms with Gasteiger partial charge in [-0.25, -0.2) is 0 Å². The first kappa shape index (κ1) is 23.1. The number of methoxy groups -OCH3 is 1. The molecule has 0 bridgehead atoms. The van der Waals surface area contributed by atoms with Crippen LogP contribution in [0, 0.1) is 0 Å². The van der Waals surface area contributed by atoms with Gasteiger partial charge in [-0.15, -0.1) is 0 Å². The van der Waals surface area contributed by atoms with E-state index in [1.54, 1.807) is 54.6 Å². The number of carbonyl (C=O) groups is 2. The Labute approximate surface area is 195 Å². The minimum Gasteiger partial charge on any atom is -0.494 e. The molecular weight excluding hydrogens is 450 g/mol. The highest BCUT2D eigenvalue weighted by atomic mass is 35.5. The Morgan fingerprint density at radius 3 is 2.41 bits per heavy atom. The lowest BCUT2D eigenvalue weighted by Gasteiger charge is -2.14. The molecule has 3 N–H and O–H groups in total. The van der Waals surface area contributed by atoms with Gasteiger partial charge >= 0.3 is 0 Å². The van der Waals surface area contributed by atoms with Crippen molar-refractivity contribution in [3.63, 3.8) is 0 Å². The predicted molar refractivity (Wildman–Crippen MR) is 129 cm³/mol. The fourth-order valence-electron chi connectivity index (χ4n) is 2.70. The van der Waals surface area contributed by atoms with Gasteiger partial charge in [0.25, 0.3) is 11.8 Å². The number of thiocarbonyl (C=S) groups is 1. The van der Waals surface area contributed by atoms with Crippen molar-refractivity contribution < 1.29 is 19.1 Å². The van der Waals surface area contributed by atoms with Gasteiger partial charge in [-0.05, 0) is 48.6 Å². The van der Waals surface area contributed by atoms with E-state index in [2.05, 4.69) is 16.0 Å². The summed E-state index contributed by atoms with van der Waals surface area (Å²) in [6, 6.07) is 20.7. The molecule has 0 aromatic heterocycles. The molecule has 0 fully saturated rings. The molecule has 0 saturated carbocycles. The summed E-state index contributed by atoms with van der Waals surface area (Å²) in [5.74, 6) is 0.218. The summed E-state index contributed by atoms with van der Waals surface area (Å²) in [6.45, 7) is -0.178. The molecule has 0 heterocycles. The first-order valence-electron chi connectivity index (χ1n) is 9.49. The third-order valence-corrected chi connectivity index (χ3v) is 4.73. The summed E-state index contributed by atoms with van der Waals surface area (Å²) in [6.07, 6.45) is 0. The largest absolute Gasteiger partial charge is 0.494 e. The molecular formula is C23H20ClN3O4S. The van der Waals surface area contributed by atoms with E-state index in [0.717, 1.165) is 0 Å². The molecule has 0 aliphatic rings. The van der Waals surface area contributed by atoms with E-state index in [0.29, 0.717) is 33.5 Å². The van der Waals surface area contributed by atoms with Gasteiger partial charge in [-0.1, -0.05) is 41.9 Å². The summed E-state index contributed by atoms with van der Waals surface area (Å²) in [7, 11) is 1.48. The van der Waals surface area contributed by atoms with Crippen LogP contribution in [0.2, 0.25) is 5.02 Å². The quantitative estimate of drug-likeness (QED) is 0.442. The standard InChI is InChI=1S/C23H20ClN3O4S/c1-30-20-13-15(11-12-19(20)26-22(29)17-9-5-6-10-18(17)24)25-23(32)27-21(28)14-31-16-7-3-2-4-8-16/h2-13H,14H2,1H3,(H,26,29)(H2,25,27,28,32). The van der Waals surface area contributed by atoms with Gasteiger partial charge in [0.2, 0.25) is 0 Å². The summed E-state index contributed by atoms with van der Waals surface area (Å²) in [5, 5.41) is 8.65. The third-order valence-electron chi connectivity index (χ3n) is 4.19. The zero-order chi connectivity index (χ0) is 22.9. The average Bonchev–Trinajstić information content (AvgIpc) is 2.79. The molecule has 9 heteroatoms. The Bertz CT molecular complexity index is 1130. The van der Waals surface area contributed by atoms with Crippen LogP contribution in [0.1, 0.15) is 10.4 Å². The molecule has 0 spiro atoms. The lowest BCUT2D eigenvalue weighted by Crippen LogP contribution is -2.37. The van der Waals surface area contributed by atoms with E-state index in [-0.39, 0.29) is 17.6 Å². The number of para-hydroxylation sites is 1. The van der Waals surface area contributed by atoms with Crippen molar-refractivity contribution >= 4 is 52.1 Å². The Balaban J connectivity index is 1.57. The van der Waals surface area contributed by atoms with Gasteiger partial charge in [-0.3, -0.25) is 14.9 Å². The van der Waals surface area contributed by atoms with Gasteiger partial charge in [0, 0.05) is 11.8 Å². The first-order chi connectivity index (χ1) is 15.5. The zero-order valence-electron chi connectivity index (χ0n) is 17.1.